The number of aromatic amines is 1. The van der Waals surface area contributed by atoms with E-state index in [1.165, 1.54) is 9.47 Å². The van der Waals surface area contributed by atoms with E-state index in [0.717, 1.165) is 29.5 Å². The van der Waals surface area contributed by atoms with Crippen LogP contribution in [0.2, 0.25) is 0 Å². The summed E-state index contributed by atoms with van der Waals surface area (Å²) in [6.07, 6.45) is 1.58. The summed E-state index contributed by atoms with van der Waals surface area (Å²) in [5.74, 6) is -0.351. The summed E-state index contributed by atoms with van der Waals surface area (Å²) in [5.41, 5.74) is 8.21. The van der Waals surface area contributed by atoms with Gasteiger partial charge in [-0.15, -0.1) is 0 Å². The highest BCUT2D eigenvalue weighted by atomic mass is 16.2. The second-order valence-corrected chi connectivity index (χ2v) is 7.69. The average Bonchev–Trinajstić information content (AvgIpc) is 2.73. The predicted octanol–water partition coefficient (Wildman–Crippen LogP) is 3.38. The molecule has 0 atom stereocenters. The molecule has 0 saturated heterocycles. The van der Waals surface area contributed by atoms with E-state index in [4.69, 9.17) is 5.73 Å². The number of H-pyrrole nitrogens is 1. The smallest absolute Gasteiger partial charge is 0.330 e. The number of hydrogen-bond donors (Lipinski definition) is 2. The molecule has 0 bridgehead atoms. The van der Waals surface area contributed by atoms with Crippen LogP contribution in [0, 0.1) is 13.8 Å². The van der Waals surface area contributed by atoms with E-state index in [1.807, 2.05) is 63.2 Å². The summed E-state index contributed by atoms with van der Waals surface area (Å²) in [6.45, 7) is 6.32. The monoisotopic (exact) mass is 420 g/mol. The second kappa shape index (κ2) is 9.47. The zero-order valence-corrected chi connectivity index (χ0v) is 18.1. The van der Waals surface area contributed by atoms with Crippen LogP contribution >= 0.6 is 0 Å². The summed E-state index contributed by atoms with van der Waals surface area (Å²) in [6, 6.07) is 14.9. The number of nitrogen functional groups attached to an aromatic ring is 1. The standard InChI is InChI=1S/C24H28N4O3/c1-4-5-13-27-21(25)20(22(29)26-24(27)31)28(15-18-9-7-6-8-10-18)23(30)19-12-11-16(2)14-17(19)3/h6-12,14H,4-5,13,15,25H2,1-3H3,(H,26,29,31). The van der Waals surface area contributed by atoms with E-state index in [-0.39, 0.29) is 24.0 Å². The topological polar surface area (TPSA) is 101 Å². The molecule has 7 nitrogen and oxygen atoms in total. The molecule has 3 aromatic rings. The molecule has 2 aromatic carbocycles. The van der Waals surface area contributed by atoms with Gasteiger partial charge in [0.15, 0.2) is 5.69 Å². The highest BCUT2D eigenvalue weighted by molar-refractivity contribution is 6.08. The largest absolute Gasteiger partial charge is 0.383 e. The highest BCUT2D eigenvalue weighted by Crippen LogP contribution is 2.24. The number of rotatable bonds is 7. The molecule has 31 heavy (non-hydrogen) atoms. The number of anilines is 2. The fourth-order valence-electron chi connectivity index (χ4n) is 3.59. The zero-order valence-electron chi connectivity index (χ0n) is 18.1. The number of hydrogen-bond acceptors (Lipinski definition) is 4. The second-order valence-electron chi connectivity index (χ2n) is 7.69. The molecule has 7 heteroatoms. The van der Waals surface area contributed by atoms with Crippen molar-refractivity contribution in [3.05, 3.63) is 91.6 Å². The Morgan fingerprint density at radius 3 is 2.45 bits per heavy atom. The number of carbonyl (C=O) groups is 1. The number of benzene rings is 2. The van der Waals surface area contributed by atoms with Gasteiger partial charge >= 0.3 is 5.69 Å². The number of unbranched alkanes of at least 4 members (excludes halogenated alkanes) is 1. The molecule has 0 radical (unpaired) electrons. The Morgan fingerprint density at radius 2 is 1.81 bits per heavy atom. The van der Waals surface area contributed by atoms with Crippen LogP contribution in [0.5, 0.6) is 0 Å². The van der Waals surface area contributed by atoms with Crippen molar-refractivity contribution in [2.24, 2.45) is 0 Å². The molecule has 1 heterocycles. The molecule has 3 N–H and O–H groups in total. The van der Waals surface area contributed by atoms with Crippen molar-refractivity contribution >= 4 is 17.4 Å². The SMILES string of the molecule is CCCCn1c(N)c(N(Cc2ccccc2)C(=O)c2ccc(C)cc2C)c(=O)[nH]c1=O. The lowest BCUT2D eigenvalue weighted by Gasteiger charge is -2.25. The summed E-state index contributed by atoms with van der Waals surface area (Å²) >= 11 is 0. The predicted molar refractivity (Wildman–Crippen MR) is 124 cm³/mol. The number of nitrogens with two attached hydrogens (primary N) is 1. The van der Waals surface area contributed by atoms with Crippen LogP contribution in [-0.2, 0) is 13.1 Å². The van der Waals surface area contributed by atoms with Crippen LogP contribution in [-0.4, -0.2) is 15.5 Å². The Bertz CT molecular complexity index is 1200. The average molecular weight is 421 g/mol. The first-order chi connectivity index (χ1) is 14.8. The van der Waals surface area contributed by atoms with Crippen LogP contribution in [0.15, 0.2) is 58.1 Å². The quantitative estimate of drug-likeness (QED) is 0.612. The fourth-order valence-corrected chi connectivity index (χ4v) is 3.59. The van der Waals surface area contributed by atoms with Gasteiger partial charge < -0.3 is 5.73 Å². The van der Waals surface area contributed by atoms with E-state index in [0.29, 0.717) is 12.1 Å². The minimum atomic E-state index is -0.677. The van der Waals surface area contributed by atoms with Gasteiger partial charge in [-0.3, -0.25) is 24.0 Å². The van der Waals surface area contributed by atoms with Gasteiger partial charge in [-0.2, -0.15) is 0 Å². The summed E-state index contributed by atoms with van der Waals surface area (Å²) < 4.78 is 1.33. The van der Waals surface area contributed by atoms with E-state index < -0.39 is 11.2 Å². The van der Waals surface area contributed by atoms with Gasteiger partial charge in [0.25, 0.3) is 11.5 Å². The van der Waals surface area contributed by atoms with Gasteiger partial charge in [-0.1, -0.05) is 61.4 Å². The maximum absolute atomic E-state index is 13.6. The van der Waals surface area contributed by atoms with Crippen LogP contribution in [0.4, 0.5) is 11.5 Å². The number of nitrogens with one attached hydrogen (secondary N) is 1. The minimum Gasteiger partial charge on any atom is -0.383 e. The fraction of sp³-hybridized carbons (Fsp3) is 0.292. The van der Waals surface area contributed by atoms with E-state index in [9.17, 15) is 14.4 Å². The number of carbonyl (C=O) groups excluding carboxylic acids is 1. The lowest BCUT2D eigenvalue weighted by molar-refractivity contribution is 0.0984. The number of nitrogens with zero attached hydrogens (tertiary/aromatic N) is 2. The summed E-state index contributed by atoms with van der Waals surface area (Å²) in [7, 11) is 0. The van der Waals surface area contributed by atoms with Crippen LogP contribution in [0.1, 0.15) is 46.8 Å². The number of aryl methyl sites for hydroxylation is 2. The molecular formula is C24H28N4O3. The van der Waals surface area contributed by atoms with E-state index in [1.54, 1.807) is 6.07 Å². The lowest BCUT2D eigenvalue weighted by atomic mass is 10.0. The molecule has 0 spiro atoms. The van der Waals surface area contributed by atoms with Gasteiger partial charge in [0.1, 0.15) is 5.82 Å². The van der Waals surface area contributed by atoms with Gasteiger partial charge in [-0.05, 0) is 37.5 Å². The van der Waals surface area contributed by atoms with Crippen molar-refractivity contribution in [2.75, 3.05) is 10.6 Å². The summed E-state index contributed by atoms with van der Waals surface area (Å²) in [5, 5.41) is 0. The molecule has 0 aliphatic heterocycles. The molecule has 0 aliphatic carbocycles. The first-order valence-electron chi connectivity index (χ1n) is 10.4. The van der Waals surface area contributed by atoms with Crippen molar-refractivity contribution in [2.45, 2.75) is 46.7 Å². The third-order valence-electron chi connectivity index (χ3n) is 5.26. The third-order valence-corrected chi connectivity index (χ3v) is 5.26. The summed E-state index contributed by atoms with van der Waals surface area (Å²) in [4.78, 5) is 42.5. The molecule has 3 rings (SSSR count). The van der Waals surface area contributed by atoms with Crippen molar-refractivity contribution in [1.82, 2.24) is 9.55 Å². The molecule has 0 unspecified atom stereocenters. The Hall–Kier alpha value is -3.61. The van der Waals surface area contributed by atoms with Crippen LogP contribution in [0.3, 0.4) is 0 Å². The Balaban J connectivity index is 2.18. The van der Waals surface area contributed by atoms with Gasteiger partial charge in [0.2, 0.25) is 0 Å². The molecule has 0 fully saturated rings. The number of amides is 1. The lowest BCUT2D eigenvalue weighted by Crippen LogP contribution is -2.41. The van der Waals surface area contributed by atoms with E-state index >= 15 is 0 Å². The normalized spacial score (nSPS) is 10.8. The molecule has 162 valence electrons. The van der Waals surface area contributed by atoms with E-state index in [2.05, 4.69) is 4.98 Å². The first kappa shape index (κ1) is 22.1. The third kappa shape index (κ3) is 4.77. The van der Waals surface area contributed by atoms with Crippen LogP contribution < -0.4 is 21.9 Å². The van der Waals surface area contributed by atoms with Crippen LogP contribution in [0.25, 0.3) is 0 Å². The molecular weight excluding hydrogens is 392 g/mol. The van der Waals surface area contributed by atoms with Gasteiger partial charge in [0.05, 0.1) is 6.54 Å². The van der Waals surface area contributed by atoms with Crippen molar-refractivity contribution in [3.8, 4) is 0 Å². The Morgan fingerprint density at radius 1 is 1.10 bits per heavy atom. The van der Waals surface area contributed by atoms with Gasteiger partial charge in [-0.25, -0.2) is 4.79 Å². The zero-order chi connectivity index (χ0) is 22.5. The molecule has 1 aromatic heterocycles. The van der Waals surface area contributed by atoms with Crippen molar-refractivity contribution in [3.63, 3.8) is 0 Å². The highest BCUT2D eigenvalue weighted by Gasteiger charge is 2.26. The van der Waals surface area contributed by atoms with Crippen molar-refractivity contribution < 1.29 is 4.79 Å². The molecule has 0 aliphatic rings. The minimum absolute atomic E-state index is 0.00348. The Kier molecular flexibility index (Phi) is 6.74. The number of aromatic nitrogens is 2. The molecule has 0 saturated carbocycles. The molecule has 1 amide bonds. The maximum Gasteiger partial charge on any atom is 0.330 e. The Labute approximate surface area is 181 Å². The van der Waals surface area contributed by atoms with Gasteiger partial charge in [0, 0.05) is 12.1 Å². The maximum atomic E-state index is 13.6. The first-order valence-corrected chi connectivity index (χ1v) is 10.4. The van der Waals surface area contributed by atoms with Crippen molar-refractivity contribution in [1.29, 1.82) is 0 Å².